The summed E-state index contributed by atoms with van der Waals surface area (Å²) in [6.45, 7) is 0. The number of pyridine rings is 1. The van der Waals surface area contributed by atoms with Crippen LogP contribution in [0.5, 0.6) is 0 Å². The number of methoxy groups -OCH3 is 1. The van der Waals surface area contributed by atoms with E-state index in [4.69, 9.17) is 10.5 Å². The smallest absolute Gasteiger partial charge is 0.328 e. The van der Waals surface area contributed by atoms with Crippen molar-refractivity contribution in [1.82, 2.24) is 4.98 Å². The standard InChI is InChI=1S/C21H20N4O3S3/c1-28-21(27)14(8-10-29-2)25-20-12(11-22)17(23)19(31-20)18(26)16-7-6-15(30-16)13-5-3-4-9-24-13/h3-7,9,14,25H,8,10,23H2,1-2H3. The first kappa shape index (κ1) is 22.8. The third-order valence-electron chi connectivity index (χ3n) is 4.41. The van der Waals surface area contributed by atoms with Crippen LogP contribution < -0.4 is 11.1 Å². The lowest BCUT2D eigenvalue weighted by Crippen LogP contribution is -2.31. The molecule has 3 rings (SSSR count). The second kappa shape index (κ2) is 10.4. The van der Waals surface area contributed by atoms with Crippen LogP contribution in [0.3, 0.4) is 0 Å². The van der Waals surface area contributed by atoms with Gasteiger partial charge in [0.1, 0.15) is 27.6 Å². The highest BCUT2D eigenvalue weighted by atomic mass is 32.2. The summed E-state index contributed by atoms with van der Waals surface area (Å²) in [5.74, 6) is 0.0290. The lowest BCUT2D eigenvalue weighted by Gasteiger charge is -2.16. The Hall–Kier alpha value is -2.87. The van der Waals surface area contributed by atoms with E-state index in [1.54, 1.807) is 24.0 Å². The zero-order valence-electron chi connectivity index (χ0n) is 16.9. The van der Waals surface area contributed by atoms with Gasteiger partial charge in [-0.1, -0.05) is 6.07 Å². The van der Waals surface area contributed by atoms with Gasteiger partial charge in [-0.25, -0.2) is 4.79 Å². The third-order valence-corrected chi connectivity index (χ3v) is 7.30. The van der Waals surface area contributed by atoms with Crippen LogP contribution in [0.2, 0.25) is 0 Å². The normalized spacial score (nSPS) is 11.5. The molecular weight excluding hydrogens is 452 g/mol. The van der Waals surface area contributed by atoms with Crippen molar-refractivity contribution >= 4 is 56.9 Å². The molecule has 3 aromatic heterocycles. The molecule has 1 unspecified atom stereocenters. The summed E-state index contributed by atoms with van der Waals surface area (Å²) in [5.41, 5.74) is 7.20. The van der Waals surface area contributed by atoms with Gasteiger partial charge in [0, 0.05) is 6.20 Å². The number of aromatic nitrogens is 1. The second-order valence-electron chi connectivity index (χ2n) is 6.37. The van der Waals surface area contributed by atoms with Crippen molar-refractivity contribution in [3.63, 3.8) is 0 Å². The van der Waals surface area contributed by atoms with Crippen LogP contribution in [0.4, 0.5) is 10.7 Å². The average Bonchev–Trinajstić information content (AvgIpc) is 3.41. The molecule has 0 saturated carbocycles. The number of rotatable bonds is 9. The highest BCUT2D eigenvalue weighted by Gasteiger charge is 2.27. The zero-order chi connectivity index (χ0) is 22.4. The van der Waals surface area contributed by atoms with Gasteiger partial charge >= 0.3 is 5.97 Å². The number of ketones is 1. The first-order chi connectivity index (χ1) is 15.0. The number of carbonyl (C=O) groups is 2. The van der Waals surface area contributed by atoms with Crippen molar-refractivity contribution in [2.75, 3.05) is 30.2 Å². The molecule has 160 valence electrons. The Morgan fingerprint density at radius 2 is 2.13 bits per heavy atom. The van der Waals surface area contributed by atoms with Crippen LogP contribution >= 0.6 is 34.4 Å². The van der Waals surface area contributed by atoms with E-state index in [1.807, 2.05) is 36.6 Å². The number of nitrogen functional groups attached to an aromatic ring is 1. The molecule has 0 amide bonds. The maximum absolute atomic E-state index is 13.1. The van der Waals surface area contributed by atoms with E-state index in [-0.39, 0.29) is 21.9 Å². The van der Waals surface area contributed by atoms with Crippen molar-refractivity contribution in [3.05, 3.63) is 51.8 Å². The molecule has 3 N–H and O–H groups in total. The second-order valence-corrected chi connectivity index (χ2v) is 9.46. The molecule has 0 aliphatic carbocycles. The van der Waals surface area contributed by atoms with Gasteiger partial charge in [-0.15, -0.1) is 22.7 Å². The summed E-state index contributed by atoms with van der Waals surface area (Å²) in [7, 11) is 1.31. The Morgan fingerprint density at radius 3 is 2.77 bits per heavy atom. The molecule has 7 nitrogen and oxygen atoms in total. The predicted molar refractivity (Wildman–Crippen MR) is 127 cm³/mol. The van der Waals surface area contributed by atoms with Crippen LogP contribution in [-0.4, -0.2) is 41.9 Å². The minimum absolute atomic E-state index is 0.112. The van der Waals surface area contributed by atoms with Crippen LogP contribution in [0, 0.1) is 11.3 Å². The minimum atomic E-state index is -0.636. The molecule has 0 spiro atoms. The number of esters is 1. The third kappa shape index (κ3) is 5.07. The lowest BCUT2D eigenvalue weighted by atomic mass is 10.1. The van der Waals surface area contributed by atoms with Crippen molar-refractivity contribution in [1.29, 1.82) is 5.26 Å². The molecule has 3 heterocycles. The summed E-state index contributed by atoms with van der Waals surface area (Å²) in [4.78, 5) is 31.2. The Bertz CT molecular complexity index is 1120. The van der Waals surface area contributed by atoms with Gasteiger partial charge < -0.3 is 15.8 Å². The Kier molecular flexibility index (Phi) is 7.68. The molecule has 0 aliphatic rings. The van der Waals surface area contributed by atoms with Crippen LogP contribution in [0.15, 0.2) is 36.5 Å². The first-order valence-corrected chi connectivity index (χ1v) is 12.2. The summed E-state index contributed by atoms with van der Waals surface area (Å²) in [6, 6.07) is 10.6. The highest BCUT2D eigenvalue weighted by molar-refractivity contribution is 7.98. The number of nitrogens with zero attached hydrogens (tertiary/aromatic N) is 2. The number of hydrogen-bond donors (Lipinski definition) is 2. The highest BCUT2D eigenvalue weighted by Crippen LogP contribution is 2.39. The molecule has 3 aromatic rings. The topological polar surface area (TPSA) is 118 Å². The average molecular weight is 473 g/mol. The van der Waals surface area contributed by atoms with Gasteiger partial charge in [0.2, 0.25) is 5.78 Å². The fraction of sp³-hybridized carbons (Fsp3) is 0.238. The fourth-order valence-electron chi connectivity index (χ4n) is 2.83. The van der Waals surface area contributed by atoms with Gasteiger partial charge in [0.05, 0.1) is 28.2 Å². The number of ether oxygens (including phenoxy) is 1. The molecule has 0 aromatic carbocycles. The summed E-state index contributed by atoms with van der Waals surface area (Å²) >= 11 is 3.99. The van der Waals surface area contributed by atoms with E-state index in [9.17, 15) is 14.9 Å². The fourth-order valence-corrected chi connectivity index (χ4v) is 5.37. The van der Waals surface area contributed by atoms with Crippen molar-refractivity contribution < 1.29 is 14.3 Å². The Labute approximate surface area is 192 Å². The summed E-state index contributed by atoms with van der Waals surface area (Å²) in [6.07, 6.45) is 4.15. The minimum Gasteiger partial charge on any atom is -0.467 e. The van der Waals surface area contributed by atoms with Gasteiger partial charge in [-0.3, -0.25) is 9.78 Å². The van der Waals surface area contributed by atoms with Gasteiger partial charge in [0.15, 0.2) is 0 Å². The molecule has 0 fully saturated rings. The summed E-state index contributed by atoms with van der Waals surface area (Å²) < 4.78 is 4.86. The number of hydrogen-bond acceptors (Lipinski definition) is 10. The van der Waals surface area contributed by atoms with E-state index < -0.39 is 12.0 Å². The monoisotopic (exact) mass is 472 g/mol. The van der Waals surface area contributed by atoms with Crippen molar-refractivity contribution in [2.24, 2.45) is 0 Å². The van der Waals surface area contributed by atoms with Crippen molar-refractivity contribution in [2.45, 2.75) is 12.5 Å². The number of carbonyl (C=O) groups excluding carboxylic acids is 2. The molecule has 0 bridgehead atoms. The summed E-state index contributed by atoms with van der Waals surface area (Å²) in [5, 5.41) is 13.0. The number of thioether (sulfide) groups is 1. The van der Waals surface area contributed by atoms with E-state index in [0.717, 1.165) is 27.7 Å². The van der Waals surface area contributed by atoms with E-state index in [2.05, 4.69) is 10.3 Å². The maximum Gasteiger partial charge on any atom is 0.328 e. The number of nitrogens with one attached hydrogen (secondary N) is 1. The predicted octanol–water partition coefficient (Wildman–Crippen LogP) is 4.26. The zero-order valence-corrected chi connectivity index (χ0v) is 19.3. The Morgan fingerprint density at radius 1 is 1.32 bits per heavy atom. The molecule has 1 atom stereocenters. The molecule has 10 heteroatoms. The van der Waals surface area contributed by atoms with Crippen LogP contribution in [-0.2, 0) is 9.53 Å². The molecular formula is C21H20N4O3S3. The quantitative estimate of drug-likeness (QED) is 0.350. The van der Waals surface area contributed by atoms with Crippen LogP contribution in [0.1, 0.15) is 26.5 Å². The molecule has 31 heavy (non-hydrogen) atoms. The van der Waals surface area contributed by atoms with Gasteiger partial charge in [-0.05, 0) is 42.7 Å². The Balaban J connectivity index is 1.90. The molecule has 0 aliphatic heterocycles. The number of nitrogens with two attached hydrogens (primary N) is 1. The first-order valence-electron chi connectivity index (χ1n) is 9.21. The van der Waals surface area contributed by atoms with Crippen molar-refractivity contribution in [3.8, 4) is 16.6 Å². The van der Waals surface area contributed by atoms with E-state index in [0.29, 0.717) is 16.3 Å². The molecule has 0 radical (unpaired) electrons. The number of nitriles is 1. The molecule has 0 saturated heterocycles. The van der Waals surface area contributed by atoms with Crippen LogP contribution in [0.25, 0.3) is 10.6 Å². The van der Waals surface area contributed by atoms with Gasteiger partial charge in [0.25, 0.3) is 0 Å². The maximum atomic E-state index is 13.1. The van der Waals surface area contributed by atoms with E-state index in [1.165, 1.54) is 18.4 Å². The van der Waals surface area contributed by atoms with Gasteiger partial charge in [-0.2, -0.15) is 17.0 Å². The van der Waals surface area contributed by atoms with E-state index >= 15 is 0 Å². The largest absolute Gasteiger partial charge is 0.467 e. The number of anilines is 2. The lowest BCUT2D eigenvalue weighted by molar-refractivity contribution is -0.141. The number of thiophene rings is 2. The SMILES string of the molecule is COC(=O)C(CCSC)Nc1sc(C(=O)c2ccc(-c3ccccn3)s2)c(N)c1C#N.